The highest BCUT2D eigenvalue weighted by atomic mass is 19.1. The maximum absolute atomic E-state index is 13.9. The van der Waals surface area contributed by atoms with Crippen molar-refractivity contribution >= 4 is 23.3 Å². The second-order valence-corrected chi connectivity index (χ2v) is 5.43. The normalized spacial score (nSPS) is 16.2. The average Bonchev–Trinajstić information content (AvgIpc) is 2.97. The molecule has 0 saturated carbocycles. The van der Waals surface area contributed by atoms with Gasteiger partial charge in [0.1, 0.15) is 5.82 Å². The number of ether oxygens (including phenoxy) is 1. The van der Waals surface area contributed by atoms with Crippen LogP contribution in [0.3, 0.4) is 0 Å². The van der Waals surface area contributed by atoms with E-state index in [1.54, 1.807) is 0 Å². The molecule has 0 bridgehead atoms. The largest absolute Gasteiger partial charge is 0.457 e. The molecule has 0 aromatic heterocycles. The topological polar surface area (TPSA) is 72.5 Å². The van der Waals surface area contributed by atoms with Crippen LogP contribution in [0.1, 0.15) is 36.5 Å². The zero-order valence-corrected chi connectivity index (χ0v) is 12.8. The van der Waals surface area contributed by atoms with Crippen LogP contribution in [-0.4, -0.2) is 24.3 Å². The van der Waals surface area contributed by atoms with E-state index in [0.29, 0.717) is 0 Å². The standard InChI is InChI=1S/C17H18FNO4/c1-11(20)19-13-6-7-14(15(18)9-13)16(21)10-23-17(22)8-12-4-2-3-5-12/h2,4,6-7,9,12H,3,5,8,10H2,1H3,(H,19,20)/t12-/m1/s1. The summed E-state index contributed by atoms with van der Waals surface area (Å²) in [6, 6.07) is 3.74. The predicted molar refractivity (Wildman–Crippen MR) is 82.5 cm³/mol. The number of carbonyl (C=O) groups excluding carboxylic acids is 3. The zero-order valence-electron chi connectivity index (χ0n) is 12.8. The van der Waals surface area contributed by atoms with E-state index in [1.807, 2.05) is 12.2 Å². The van der Waals surface area contributed by atoms with Gasteiger partial charge in [-0.15, -0.1) is 0 Å². The molecule has 6 heteroatoms. The van der Waals surface area contributed by atoms with Gasteiger partial charge in [-0.1, -0.05) is 12.2 Å². The number of rotatable bonds is 6. The number of benzene rings is 1. The van der Waals surface area contributed by atoms with E-state index in [4.69, 9.17) is 4.74 Å². The first-order valence-electron chi connectivity index (χ1n) is 7.38. The fourth-order valence-corrected chi connectivity index (χ4v) is 2.38. The second-order valence-electron chi connectivity index (χ2n) is 5.43. The molecule has 1 atom stereocenters. The molecule has 0 fully saturated rings. The van der Waals surface area contributed by atoms with Crippen LogP contribution in [-0.2, 0) is 14.3 Å². The molecule has 122 valence electrons. The van der Waals surface area contributed by atoms with E-state index in [0.717, 1.165) is 18.9 Å². The highest BCUT2D eigenvalue weighted by Gasteiger charge is 2.18. The van der Waals surface area contributed by atoms with Crippen LogP contribution in [0.5, 0.6) is 0 Å². The van der Waals surface area contributed by atoms with Crippen molar-refractivity contribution in [2.45, 2.75) is 26.2 Å². The maximum atomic E-state index is 13.9. The number of halogens is 1. The molecular formula is C17H18FNO4. The Kier molecular flexibility index (Phi) is 5.62. The van der Waals surface area contributed by atoms with Crippen LogP contribution < -0.4 is 5.32 Å². The van der Waals surface area contributed by atoms with Crippen LogP contribution in [0.25, 0.3) is 0 Å². The van der Waals surface area contributed by atoms with Crippen molar-refractivity contribution in [3.8, 4) is 0 Å². The summed E-state index contributed by atoms with van der Waals surface area (Å²) >= 11 is 0. The molecule has 5 nitrogen and oxygen atoms in total. The minimum Gasteiger partial charge on any atom is -0.457 e. The summed E-state index contributed by atoms with van der Waals surface area (Å²) in [4.78, 5) is 34.5. The number of hydrogen-bond acceptors (Lipinski definition) is 4. The third kappa shape index (κ3) is 5.02. The number of amides is 1. The van der Waals surface area contributed by atoms with Gasteiger partial charge in [-0.05, 0) is 37.0 Å². The Balaban J connectivity index is 1.88. The van der Waals surface area contributed by atoms with Crippen LogP contribution in [0.15, 0.2) is 30.4 Å². The molecule has 1 aromatic rings. The summed E-state index contributed by atoms with van der Waals surface area (Å²) in [5.41, 5.74) is 0.0872. The van der Waals surface area contributed by atoms with Crippen molar-refractivity contribution in [1.29, 1.82) is 0 Å². The summed E-state index contributed by atoms with van der Waals surface area (Å²) in [6.45, 7) is 0.807. The van der Waals surface area contributed by atoms with E-state index in [2.05, 4.69) is 5.32 Å². The summed E-state index contributed by atoms with van der Waals surface area (Å²) in [6.07, 6.45) is 6.05. The molecule has 0 radical (unpaired) electrons. The lowest BCUT2D eigenvalue weighted by Gasteiger charge is -2.09. The van der Waals surface area contributed by atoms with E-state index >= 15 is 0 Å². The maximum Gasteiger partial charge on any atom is 0.306 e. The van der Waals surface area contributed by atoms with Crippen molar-refractivity contribution in [1.82, 2.24) is 0 Å². The third-order valence-electron chi connectivity index (χ3n) is 3.50. The average molecular weight is 319 g/mol. The molecule has 0 aliphatic heterocycles. The van der Waals surface area contributed by atoms with Gasteiger partial charge in [0.05, 0.1) is 12.0 Å². The highest BCUT2D eigenvalue weighted by Crippen LogP contribution is 2.21. The molecule has 23 heavy (non-hydrogen) atoms. The number of anilines is 1. The van der Waals surface area contributed by atoms with Gasteiger partial charge in [0.15, 0.2) is 6.61 Å². The second kappa shape index (κ2) is 7.67. The Hall–Kier alpha value is -2.50. The lowest BCUT2D eigenvalue weighted by atomic mass is 10.1. The fourth-order valence-electron chi connectivity index (χ4n) is 2.38. The Labute approximate surface area is 133 Å². The summed E-state index contributed by atoms with van der Waals surface area (Å²) < 4.78 is 18.8. The molecule has 1 N–H and O–H groups in total. The molecule has 2 rings (SSSR count). The lowest BCUT2D eigenvalue weighted by molar-refractivity contribution is -0.143. The Bertz CT molecular complexity index is 654. The number of Topliss-reactive ketones (excluding diaryl/α,β-unsaturated/α-hetero) is 1. The SMILES string of the molecule is CC(=O)Nc1ccc(C(=O)COC(=O)C[C@@H]2C=CCC2)c(F)c1. The van der Waals surface area contributed by atoms with E-state index in [1.165, 1.54) is 19.1 Å². The Morgan fingerprint density at radius 3 is 2.74 bits per heavy atom. The van der Waals surface area contributed by atoms with Crippen LogP contribution in [0.4, 0.5) is 10.1 Å². The first kappa shape index (κ1) is 16.9. The molecule has 1 aromatic carbocycles. The van der Waals surface area contributed by atoms with Crippen molar-refractivity contribution in [3.05, 3.63) is 41.7 Å². The first-order chi connectivity index (χ1) is 11.0. The molecule has 1 aliphatic rings. The molecular weight excluding hydrogens is 301 g/mol. The molecule has 1 aliphatic carbocycles. The zero-order chi connectivity index (χ0) is 16.8. The number of carbonyl (C=O) groups is 3. The number of allylic oxidation sites excluding steroid dienone is 2. The Morgan fingerprint density at radius 2 is 2.13 bits per heavy atom. The van der Waals surface area contributed by atoms with Gasteiger partial charge < -0.3 is 10.1 Å². The quantitative estimate of drug-likeness (QED) is 0.497. The van der Waals surface area contributed by atoms with Crippen LogP contribution in [0.2, 0.25) is 0 Å². The summed E-state index contributed by atoms with van der Waals surface area (Å²) in [5, 5.41) is 2.42. The van der Waals surface area contributed by atoms with E-state index in [-0.39, 0.29) is 29.5 Å². The van der Waals surface area contributed by atoms with Crippen LogP contribution in [0, 0.1) is 11.7 Å². The van der Waals surface area contributed by atoms with E-state index in [9.17, 15) is 18.8 Å². The Morgan fingerprint density at radius 1 is 1.35 bits per heavy atom. The minimum atomic E-state index is -0.768. The van der Waals surface area contributed by atoms with Gasteiger partial charge >= 0.3 is 5.97 Å². The third-order valence-corrected chi connectivity index (χ3v) is 3.50. The lowest BCUT2D eigenvalue weighted by Crippen LogP contribution is -2.17. The van der Waals surface area contributed by atoms with Crippen molar-refractivity contribution < 1.29 is 23.5 Å². The predicted octanol–water partition coefficient (Wildman–Crippen LogP) is 2.87. The van der Waals surface area contributed by atoms with Crippen molar-refractivity contribution in [2.24, 2.45) is 5.92 Å². The molecule has 1 amide bonds. The van der Waals surface area contributed by atoms with Crippen molar-refractivity contribution in [3.63, 3.8) is 0 Å². The highest BCUT2D eigenvalue weighted by molar-refractivity contribution is 5.99. The van der Waals surface area contributed by atoms with Crippen LogP contribution >= 0.6 is 0 Å². The van der Waals surface area contributed by atoms with Crippen molar-refractivity contribution in [2.75, 3.05) is 11.9 Å². The summed E-state index contributed by atoms with van der Waals surface area (Å²) in [5.74, 6) is -2.03. The molecule has 0 heterocycles. The van der Waals surface area contributed by atoms with Gasteiger partial charge in [-0.3, -0.25) is 14.4 Å². The van der Waals surface area contributed by atoms with Gasteiger partial charge in [-0.2, -0.15) is 0 Å². The molecule has 0 unspecified atom stereocenters. The van der Waals surface area contributed by atoms with Gasteiger partial charge in [0, 0.05) is 12.6 Å². The number of esters is 1. The van der Waals surface area contributed by atoms with E-state index < -0.39 is 24.2 Å². The number of nitrogens with one attached hydrogen (secondary N) is 1. The smallest absolute Gasteiger partial charge is 0.306 e. The van der Waals surface area contributed by atoms with Gasteiger partial charge in [0.25, 0.3) is 0 Å². The summed E-state index contributed by atoms with van der Waals surface area (Å²) in [7, 11) is 0. The van der Waals surface area contributed by atoms with Gasteiger partial charge in [-0.25, -0.2) is 4.39 Å². The minimum absolute atomic E-state index is 0.159. The monoisotopic (exact) mass is 319 g/mol. The first-order valence-corrected chi connectivity index (χ1v) is 7.38. The molecule has 0 saturated heterocycles. The van der Waals surface area contributed by atoms with Gasteiger partial charge in [0.2, 0.25) is 11.7 Å². The molecule has 0 spiro atoms. The fraction of sp³-hybridized carbons (Fsp3) is 0.353. The number of hydrogen-bond donors (Lipinski definition) is 1. The number of ketones is 1.